The molecule has 2 atom stereocenters. The Morgan fingerprint density at radius 1 is 1.18 bits per heavy atom. The maximum absolute atomic E-state index is 6.36. The Morgan fingerprint density at radius 2 is 2.00 bits per heavy atom. The van der Waals surface area contributed by atoms with Crippen LogP contribution in [0, 0.1) is 6.92 Å². The van der Waals surface area contributed by atoms with Crippen molar-refractivity contribution in [1.29, 1.82) is 0 Å². The highest BCUT2D eigenvalue weighted by atomic mass is 79.9. The van der Waals surface area contributed by atoms with Gasteiger partial charge in [-0.25, -0.2) is 0 Å². The van der Waals surface area contributed by atoms with Gasteiger partial charge in [-0.15, -0.1) is 0 Å². The molecule has 3 heterocycles. The van der Waals surface area contributed by atoms with E-state index in [0.717, 1.165) is 32.4 Å². The van der Waals surface area contributed by atoms with Crippen LogP contribution in [0.3, 0.4) is 0 Å². The van der Waals surface area contributed by atoms with Crippen LogP contribution in [-0.4, -0.2) is 21.0 Å². The minimum absolute atomic E-state index is 0.0552. The number of halogens is 1. The first-order chi connectivity index (χ1) is 13.5. The summed E-state index contributed by atoms with van der Waals surface area (Å²) in [5, 5.41) is 4.17. The van der Waals surface area contributed by atoms with Crippen LogP contribution in [0.15, 0.2) is 63.6 Å². The van der Waals surface area contributed by atoms with E-state index in [2.05, 4.69) is 70.1 Å². The lowest BCUT2D eigenvalue weighted by molar-refractivity contribution is 0.237. The molecule has 0 spiro atoms. The van der Waals surface area contributed by atoms with Crippen molar-refractivity contribution in [2.24, 2.45) is 0 Å². The van der Waals surface area contributed by atoms with Crippen LogP contribution in [-0.2, 0) is 0 Å². The third-order valence-electron chi connectivity index (χ3n) is 5.00. The smallest absolute Gasteiger partial charge is 0.170 e. The number of pyridine rings is 1. The molecular weight excluding hydrogens is 434 g/mol. The highest BCUT2D eigenvalue weighted by molar-refractivity contribution is 9.10. The molecule has 4 rings (SSSR count). The second-order valence-corrected chi connectivity index (χ2v) is 8.55. The summed E-state index contributed by atoms with van der Waals surface area (Å²) in [6.07, 6.45) is 1.81. The molecule has 6 heteroatoms. The van der Waals surface area contributed by atoms with Crippen LogP contribution < -0.4 is 5.32 Å². The molecule has 1 aromatic carbocycles. The van der Waals surface area contributed by atoms with E-state index in [1.165, 1.54) is 5.56 Å². The SMILES string of the molecule is Cc1ccc(-c2ccc(C3C(c4ccccn4)NC(=S)N3C(C)C)o2)c(Br)c1. The van der Waals surface area contributed by atoms with Gasteiger partial charge >= 0.3 is 0 Å². The van der Waals surface area contributed by atoms with Crippen molar-refractivity contribution >= 4 is 33.3 Å². The molecule has 2 aromatic heterocycles. The Balaban J connectivity index is 1.76. The maximum atomic E-state index is 6.36. The first-order valence-corrected chi connectivity index (χ1v) is 10.5. The largest absolute Gasteiger partial charge is 0.459 e. The normalized spacial score (nSPS) is 19.3. The number of nitrogens with zero attached hydrogens (tertiary/aromatic N) is 2. The van der Waals surface area contributed by atoms with Crippen LogP contribution >= 0.6 is 28.1 Å². The number of furan rings is 1. The summed E-state index contributed by atoms with van der Waals surface area (Å²) < 4.78 is 7.38. The van der Waals surface area contributed by atoms with E-state index in [1.54, 1.807) is 0 Å². The number of benzene rings is 1. The van der Waals surface area contributed by atoms with Crippen molar-refractivity contribution in [2.75, 3.05) is 0 Å². The third kappa shape index (κ3) is 3.47. The molecule has 1 fully saturated rings. The number of nitrogens with one attached hydrogen (secondary N) is 1. The Hall–Kier alpha value is -2.18. The zero-order chi connectivity index (χ0) is 19.8. The molecule has 1 N–H and O–H groups in total. The van der Waals surface area contributed by atoms with E-state index < -0.39 is 0 Å². The van der Waals surface area contributed by atoms with Gasteiger partial charge in [0.1, 0.15) is 17.6 Å². The average Bonchev–Trinajstić information content (AvgIpc) is 3.26. The molecular formula is C22H22BrN3OS. The minimum atomic E-state index is -0.0587. The van der Waals surface area contributed by atoms with Gasteiger partial charge in [-0.3, -0.25) is 4.98 Å². The number of aromatic nitrogens is 1. The highest BCUT2D eigenvalue weighted by Crippen LogP contribution is 2.42. The quantitative estimate of drug-likeness (QED) is 0.503. The van der Waals surface area contributed by atoms with Gasteiger partial charge in [-0.05, 0) is 75.0 Å². The molecule has 0 radical (unpaired) electrons. The number of aryl methyl sites for hydroxylation is 1. The van der Waals surface area contributed by atoms with Crippen LogP contribution in [0.1, 0.15) is 42.9 Å². The maximum Gasteiger partial charge on any atom is 0.170 e. The van der Waals surface area contributed by atoms with E-state index in [-0.39, 0.29) is 18.1 Å². The fourth-order valence-corrected chi connectivity index (χ4v) is 4.84. The zero-order valence-electron chi connectivity index (χ0n) is 16.0. The van der Waals surface area contributed by atoms with Crippen LogP contribution in [0.4, 0.5) is 0 Å². The summed E-state index contributed by atoms with van der Waals surface area (Å²) >= 11 is 9.30. The Labute approximate surface area is 179 Å². The number of hydrogen-bond acceptors (Lipinski definition) is 3. The number of rotatable bonds is 4. The predicted molar refractivity (Wildman–Crippen MR) is 119 cm³/mol. The van der Waals surface area contributed by atoms with Crippen molar-refractivity contribution in [2.45, 2.75) is 38.9 Å². The summed E-state index contributed by atoms with van der Waals surface area (Å²) in [4.78, 5) is 6.75. The Kier molecular flexibility index (Phi) is 5.25. The van der Waals surface area contributed by atoms with E-state index in [4.69, 9.17) is 16.6 Å². The van der Waals surface area contributed by atoms with Crippen molar-refractivity contribution < 1.29 is 4.42 Å². The summed E-state index contributed by atoms with van der Waals surface area (Å²) in [5.41, 5.74) is 3.19. The molecule has 144 valence electrons. The number of hydrogen-bond donors (Lipinski definition) is 1. The van der Waals surface area contributed by atoms with Gasteiger partial charge in [0, 0.05) is 22.3 Å². The van der Waals surface area contributed by atoms with Crippen molar-refractivity contribution in [1.82, 2.24) is 15.2 Å². The van der Waals surface area contributed by atoms with E-state index in [9.17, 15) is 0 Å². The molecule has 0 amide bonds. The van der Waals surface area contributed by atoms with Crippen LogP contribution in [0.2, 0.25) is 0 Å². The van der Waals surface area contributed by atoms with Gasteiger partial charge in [-0.2, -0.15) is 0 Å². The van der Waals surface area contributed by atoms with Gasteiger partial charge in [-0.1, -0.05) is 28.1 Å². The first kappa shape index (κ1) is 19.2. The second-order valence-electron chi connectivity index (χ2n) is 7.31. The lowest BCUT2D eigenvalue weighted by Gasteiger charge is -2.29. The first-order valence-electron chi connectivity index (χ1n) is 9.31. The molecule has 4 nitrogen and oxygen atoms in total. The van der Waals surface area contributed by atoms with Crippen molar-refractivity contribution in [3.05, 3.63) is 76.2 Å². The van der Waals surface area contributed by atoms with Crippen molar-refractivity contribution in [3.63, 3.8) is 0 Å². The predicted octanol–water partition coefficient (Wildman–Crippen LogP) is 5.79. The van der Waals surface area contributed by atoms with E-state index >= 15 is 0 Å². The van der Waals surface area contributed by atoms with Gasteiger partial charge in [0.25, 0.3) is 0 Å². The second kappa shape index (κ2) is 7.68. The molecule has 1 aliphatic rings. The Bertz CT molecular complexity index is 1000. The Morgan fingerprint density at radius 3 is 2.68 bits per heavy atom. The molecule has 0 bridgehead atoms. The van der Waals surface area contributed by atoms with Crippen molar-refractivity contribution in [3.8, 4) is 11.3 Å². The molecule has 0 aliphatic carbocycles. The van der Waals surface area contributed by atoms with Gasteiger partial charge in [0.15, 0.2) is 5.11 Å². The van der Waals surface area contributed by atoms with Crippen LogP contribution in [0.5, 0.6) is 0 Å². The fraction of sp³-hybridized carbons (Fsp3) is 0.273. The monoisotopic (exact) mass is 455 g/mol. The molecule has 0 saturated carbocycles. The summed E-state index contributed by atoms with van der Waals surface area (Å²) in [7, 11) is 0. The molecule has 1 saturated heterocycles. The summed E-state index contributed by atoms with van der Waals surface area (Å²) in [6, 6.07) is 16.4. The third-order valence-corrected chi connectivity index (χ3v) is 5.98. The highest BCUT2D eigenvalue weighted by Gasteiger charge is 2.42. The lowest BCUT2D eigenvalue weighted by atomic mass is 10.0. The molecule has 28 heavy (non-hydrogen) atoms. The van der Waals surface area contributed by atoms with Gasteiger partial charge in [0.2, 0.25) is 0 Å². The zero-order valence-corrected chi connectivity index (χ0v) is 18.4. The van der Waals surface area contributed by atoms with Crippen LogP contribution in [0.25, 0.3) is 11.3 Å². The molecule has 1 aliphatic heterocycles. The van der Waals surface area contributed by atoms with Gasteiger partial charge in [0.05, 0.1) is 11.7 Å². The topological polar surface area (TPSA) is 41.3 Å². The standard InChI is InChI=1S/C22H22BrN3OS/c1-13(2)26-21(20(25-22(26)28)17-6-4-5-11-24-17)19-10-9-18(27-19)15-8-7-14(3)12-16(15)23/h4-13,20-21H,1-3H3,(H,25,28). The fourth-order valence-electron chi connectivity index (χ4n) is 3.70. The molecule has 2 unspecified atom stereocenters. The minimum Gasteiger partial charge on any atom is -0.459 e. The number of thiocarbonyl (C=S) groups is 1. The van der Waals surface area contributed by atoms with Gasteiger partial charge < -0.3 is 14.6 Å². The lowest BCUT2D eigenvalue weighted by Crippen LogP contribution is -2.35. The van der Waals surface area contributed by atoms with E-state index in [0.29, 0.717) is 0 Å². The molecule has 3 aromatic rings. The van der Waals surface area contributed by atoms with E-state index in [1.807, 2.05) is 36.5 Å². The summed E-state index contributed by atoms with van der Waals surface area (Å²) in [6.45, 7) is 6.36. The average molecular weight is 456 g/mol. The summed E-state index contributed by atoms with van der Waals surface area (Å²) in [5.74, 6) is 1.71.